The van der Waals surface area contributed by atoms with Crippen LogP contribution in [0.1, 0.15) is 136 Å². The summed E-state index contributed by atoms with van der Waals surface area (Å²) < 4.78 is 23.0. The highest BCUT2D eigenvalue weighted by molar-refractivity contribution is 7.45. The highest BCUT2D eigenvalue weighted by Gasteiger charge is 2.23. The lowest BCUT2D eigenvalue weighted by Gasteiger charge is -2.29. The van der Waals surface area contributed by atoms with E-state index < -0.39 is 26.6 Å². The third-order valence-electron chi connectivity index (χ3n) is 7.57. The number of amides is 1. The van der Waals surface area contributed by atoms with Crippen molar-refractivity contribution >= 4 is 13.7 Å². The first-order valence-electron chi connectivity index (χ1n) is 17.9. The number of nitrogens with zero attached hydrogens (tertiary/aromatic N) is 1. The molecule has 0 saturated carbocycles. The second kappa shape index (κ2) is 28.9. The van der Waals surface area contributed by atoms with Gasteiger partial charge in [0.15, 0.2) is 0 Å². The first kappa shape index (κ1) is 43.7. The highest BCUT2D eigenvalue weighted by Crippen LogP contribution is 2.38. The van der Waals surface area contributed by atoms with Crippen molar-refractivity contribution in [3.63, 3.8) is 0 Å². The second-order valence-electron chi connectivity index (χ2n) is 13.2. The number of likely N-dealkylation sites (N-methyl/N-ethyl adjacent to an activating group) is 1. The molecule has 9 heteroatoms. The maximum Gasteiger partial charge on any atom is 0.268 e. The van der Waals surface area contributed by atoms with Gasteiger partial charge in [-0.1, -0.05) is 115 Å². The SMILES string of the molecule is CCCCCC/C=C\CCCC(=O)NC(COP(=O)([O-])OCC[N+](C)(C)C)C(O)/C=C/CC/C=C/CCCCCCCCCC. The number of carbonyl (C=O) groups is 1. The molecule has 1 amide bonds. The van der Waals surface area contributed by atoms with Gasteiger partial charge in [-0.25, -0.2) is 0 Å². The van der Waals surface area contributed by atoms with Crippen molar-refractivity contribution in [2.45, 2.75) is 148 Å². The van der Waals surface area contributed by atoms with E-state index in [1.54, 1.807) is 6.08 Å². The lowest BCUT2D eigenvalue weighted by Crippen LogP contribution is -2.45. The molecule has 0 aliphatic carbocycles. The van der Waals surface area contributed by atoms with Gasteiger partial charge >= 0.3 is 0 Å². The quantitative estimate of drug-likeness (QED) is 0.0337. The Bertz CT molecular complexity index is 840. The number of nitrogens with one attached hydrogen (secondary N) is 1. The lowest BCUT2D eigenvalue weighted by molar-refractivity contribution is -0.870. The van der Waals surface area contributed by atoms with E-state index in [0.29, 0.717) is 17.4 Å². The molecule has 0 spiro atoms. The summed E-state index contributed by atoms with van der Waals surface area (Å²) in [6.07, 6.45) is 32.0. The minimum atomic E-state index is -4.59. The summed E-state index contributed by atoms with van der Waals surface area (Å²) in [6.45, 7) is 4.52. The Kier molecular flexibility index (Phi) is 28.1. The van der Waals surface area contributed by atoms with Gasteiger partial charge in [0.2, 0.25) is 5.91 Å². The second-order valence-corrected chi connectivity index (χ2v) is 14.6. The van der Waals surface area contributed by atoms with E-state index in [1.807, 2.05) is 27.2 Å². The molecule has 3 unspecified atom stereocenters. The Morgan fingerprint density at radius 2 is 1.24 bits per heavy atom. The minimum Gasteiger partial charge on any atom is -0.756 e. The molecular weight excluding hydrogens is 587 g/mol. The van der Waals surface area contributed by atoms with Crippen LogP contribution < -0.4 is 10.2 Å². The molecule has 264 valence electrons. The van der Waals surface area contributed by atoms with Crippen LogP contribution >= 0.6 is 7.82 Å². The number of hydrogen-bond donors (Lipinski definition) is 2. The van der Waals surface area contributed by atoms with Crippen LogP contribution in [0.2, 0.25) is 0 Å². The van der Waals surface area contributed by atoms with Gasteiger partial charge in [0.1, 0.15) is 13.2 Å². The van der Waals surface area contributed by atoms with E-state index in [2.05, 4.69) is 43.5 Å². The van der Waals surface area contributed by atoms with Crippen molar-refractivity contribution < 1.29 is 32.9 Å². The molecule has 0 aromatic rings. The average molecular weight is 657 g/mol. The van der Waals surface area contributed by atoms with Crippen molar-refractivity contribution in [1.82, 2.24) is 5.32 Å². The zero-order valence-electron chi connectivity index (χ0n) is 29.6. The van der Waals surface area contributed by atoms with Crippen molar-refractivity contribution in [3.05, 3.63) is 36.5 Å². The lowest BCUT2D eigenvalue weighted by atomic mass is 10.1. The summed E-state index contributed by atoms with van der Waals surface area (Å²) in [5, 5.41) is 13.6. The number of allylic oxidation sites excluding steroid dienone is 5. The first-order chi connectivity index (χ1) is 21.5. The normalized spacial score (nSPS) is 15.3. The molecule has 3 atom stereocenters. The number of hydrogen-bond acceptors (Lipinski definition) is 6. The maximum atomic E-state index is 12.7. The standard InChI is InChI=1S/C36H69N2O6P/c1-6-8-10-12-14-16-17-18-19-20-22-23-25-27-29-35(39)34(33-44-45(41,42)43-32-31-38(3,4)5)37-36(40)30-28-26-24-21-15-13-11-9-7-2/h20-22,24,27,29,34-35,39H,6-19,23,25-26,28,30-33H2,1-5H3,(H-,37,40,41,42)/b22-20+,24-21-,29-27+. The van der Waals surface area contributed by atoms with E-state index in [0.717, 1.165) is 32.1 Å². The number of unbranched alkanes of at least 4 members (excludes halogenated alkanes) is 14. The molecule has 0 bridgehead atoms. The predicted octanol–water partition coefficient (Wildman–Crippen LogP) is 8.16. The summed E-state index contributed by atoms with van der Waals surface area (Å²) in [5.41, 5.74) is 0. The Morgan fingerprint density at radius 3 is 1.82 bits per heavy atom. The van der Waals surface area contributed by atoms with Crippen LogP contribution in [0.25, 0.3) is 0 Å². The minimum absolute atomic E-state index is 0.0115. The van der Waals surface area contributed by atoms with E-state index >= 15 is 0 Å². The fourth-order valence-electron chi connectivity index (χ4n) is 4.64. The summed E-state index contributed by atoms with van der Waals surface area (Å²) in [6, 6.07) is -0.912. The van der Waals surface area contributed by atoms with E-state index in [1.165, 1.54) is 77.0 Å². The fourth-order valence-corrected chi connectivity index (χ4v) is 5.36. The third-order valence-corrected chi connectivity index (χ3v) is 8.54. The highest BCUT2D eigenvalue weighted by atomic mass is 31.2. The molecule has 2 N–H and O–H groups in total. The molecule has 0 fully saturated rings. The molecule has 0 saturated heterocycles. The Balaban J connectivity index is 4.68. The molecule has 45 heavy (non-hydrogen) atoms. The van der Waals surface area contributed by atoms with Crippen molar-refractivity contribution in [3.8, 4) is 0 Å². The van der Waals surface area contributed by atoms with Crippen LogP contribution in [0.15, 0.2) is 36.5 Å². The molecule has 0 aromatic carbocycles. The molecule has 0 aromatic heterocycles. The topological polar surface area (TPSA) is 108 Å². The van der Waals surface area contributed by atoms with Crippen LogP contribution in [0.4, 0.5) is 0 Å². The van der Waals surface area contributed by atoms with Gasteiger partial charge in [-0.3, -0.25) is 9.36 Å². The molecule has 0 aliphatic rings. The van der Waals surface area contributed by atoms with Crippen molar-refractivity contribution in [2.24, 2.45) is 0 Å². The monoisotopic (exact) mass is 656 g/mol. The Hall–Kier alpha value is -1.28. The van der Waals surface area contributed by atoms with Gasteiger partial charge in [-0.15, -0.1) is 0 Å². The molecular formula is C36H69N2O6P. The number of phosphoric acid groups is 1. The van der Waals surface area contributed by atoms with Crippen molar-refractivity contribution in [1.29, 1.82) is 0 Å². The molecule has 0 heterocycles. The molecule has 0 aliphatic heterocycles. The number of quaternary nitrogens is 1. The predicted molar refractivity (Wildman–Crippen MR) is 187 cm³/mol. The van der Waals surface area contributed by atoms with Gasteiger partial charge in [-0.2, -0.15) is 0 Å². The van der Waals surface area contributed by atoms with Crippen LogP contribution in [0.5, 0.6) is 0 Å². The zero-order valence-corrected chi connectivity index (χ0v) is 30.5. The van der Waals surface area contributed by atoms with Crippen LogP contribution in [0, 0.1) is 0 Å². The van der Waals surface area contributed by atoms with Crippen LogP contribution in [-0.4, -0.2) is 68.5 Å². The zero-order chi connectivity index (χ0) is 33.7. The largest absolute Gasteiger partial charge is 0.756 e. The number of aliphatic hydroxyl groups is 1. The summed E-state index contributed by atoms with van der Waals surface area (Å²) in [7, 11) is 1.22. The maximum absolute atomic E-state index is 12.7. The summed E-state index contributed by atoms with van der Waals surface area (Å²) >= 11 is 0. The molecule has 0 rings (SSSR count). The van der Waals surface area contributed by atoms with Gasteiger partial charge in [0.25, 0.3) is 7.82 Å². The number of carbonyl (C=O) groups excluding carboxylic acids is 1. The average Bonchev–Trinajstić information content (AvgIpc) is 2.97. The van der Waals surface area contributed by atoms with Gasteiger partial charge in [-0.05, 0) is 51.4 Å². The number of aliphatic hydroxyl groups excluding tert-OH is 1. The molecule has 8 nitrogen and oxygen atoms in total. The summed E-state index contributed by atoms with van der Waals surface area (Å²) in [5.74, 6) is -0.247. The van der Waals surface area contributed by atoms with Gasteiger partial charge in [0.05, 0.1) is 39.9 Å². The fraction of sp³-hybridized carbons (Fsp3) is 0.806. The Morgan fingerprint density at radius 1 is 0.756 bits per heavy atom. The number of phosphoric ester groups is 1. The Labute approximate surface area is 276 Å². The first-order valence-corrected chi connectivity index (χ1v) is 19.3. The van der Waals surface area contributed by atoms with E-state index in [-0.39, 0.29) is 18.9 Å². The third kappa shape index (κ3) is 31.1. The van der Waals surface area contributed by atoms with Gasteiger partial charge < -0.3 is 28.8 Å². The van der Waals surface area contributed by atoms with Crippen LogP contribution in [0.3, 0.4) is 0 Å². The van der Waals surface area contributed by atoms with Gasteiger partial charge in [0, 0.05) is 6.42 Å². The summed E-state index contributed by atoms with van der Waals surface area (Å²) in [4.78, 5) is 25.0. The van der Waals surface area contributed by atoms with Crippen LogP contribution in [-0.2, 0) is 18.4 Å². The smallest absolute Gasteiger partial charge is 0.268 e. The molecule has 0 radical (unpaired) electrons. The van der Waals surface area contributed by atoms with Crippen molar-refractivity contribution in [2.75, 3.05) is 40.9 Å². The van der Waals surface area contributed by atoms with E-state index in [4.69, 9.17) is 9.05 Å². The number of rotatable bonds is 31. The van der Waals surface area contributed by atoms with E-state index in [9.17, 15) is 19.4 Å².